The number of aryl methyl sites for hydroxylation is 1. The lowest BCUT2D eigenvalue weighted by Crippen LogP contribution is -2.58. The van der Waals surface area contributed by atoms with Gasteiger partial charge in [-0.2, -0.15) is 9.97 Å². The molecule has 6 atom stereocenters. The molecule has 4 aromatic carbocycles. The number of fused-ring (bicyclic) bond motifs is 4. The lowest BCUT2D eigenvalue weighted by atomic mass is 9.85. The van der Waals surface area contributed by atoms with Gasteiger partial charge in [-0.1, -0.05) is 63.1 Å². The number of aromatic hydroxyl groups is 1. The van der Waals surface area contributed by atoms with Crippen LogP contribution in [0.4, 0.5) is 14.6 Å². The molecule has 410 valence electrons. The summed E-state index contributed by atoms with van der Waals surface area (Å²) in [5.41, 5.74) is 4.31. The van der Waals surface area contributed by atoms with E-state index < -0.39 is 47.1 Å². The lowest BCUT2D eigenvalue weighted by Gasteiger charge is -2.35. The molecule has 2 bridgehead atoms. The van der Waals surface area contributed by atoms with Crippen molar-refractivity contribution < 1.29 is 42.9 Å². The Labute approximate surface area is 456 Å². The first-order chi connectivity index (χ1) is 37.4. The number of halogens is 2. The molecule has 6 heterocycles. The van der Waals surface area contributed by atoms with Crippen LogP contribution < -0.4 is 25.6 Å². The van der Waals surface area contributed by atoms with Crippen molar-refractivity contribution in [1.82, 2.24) is 40.7 Å². The lowest BCUT2D eigenvalue weighted by molar-refractivity contribution is -0.144. The van der Waals surface area contributed by atoms with E-state index in [2.05, 4.69) is 41.6 Å². The fraction of sp³-hybridized carbons (Fsp3) is 0.458. The molecule has 0 aliphatic carbocycles. The van der Waals surface area contributed by atoms with Crippen LogP contribution in [0.1, 0.15) is 82.7 Å². The van der Waals surface area contributed by atoms with E-state index in [0.29, 0.717) is 48.2 Å². The molecule has 4 aliphatic rings. The van der Waals surface area contributed by atoms with Gasteiger partial charge in [0.25, 0.3) is 0 Å². The number of thiazole rings is 1. The van der Waals surface area contributed by atoms with E-state index in [1.807, 2.05) is 64.4 Å². The minimum atomic E-state index is -0.986. The van der Waals surface area contributed by atoms with E-state index in [4.69, 9.17) is 20.9 Å². The summed E-state index contributed by atoms with van der Waals surface area (Å²) in [6.45, 7) is 13.1. The molecular formula is C59H67F2N9O7S. The second kappa shape index (κ2) is 22.9. The number of β-amino-alcohol motifs (C(OH)–C–C–N with tert-alkyl or cyclic N) is 1. The second-order valence-corrected chi connectivity index (χ2v) is 23.2. The number of phenols is 1. The number of hydrogen-bond donors (Lipinski definition) is 5. The zero-order valence-electron chi connectivity index (χ0n) is 44.7. The van der Waals surface area contributed by atoms with E-state index in [1.165, 1.54) is 29.2 Å². The molecule has 4 aliphatic heterocycles. The molecule has 10 rings (SSSR count). The average Bonchev–Trinajstić information content (AvgIpc) is 4.27. The number of carbonyl (C=O) groups excluding carboxylic acids is 3. The molecule has 78 heavy (non-hydrogen) atoms. The summed E-state index contributed by atoms with van der Waals surface area (Å²) >= 11 is 1.57. The number of piperazine rings is 1. The van der Waals surface area contributed by atoms with E-state index in [0.717, 1.165) is 60.5 Å². The van der Waals surface area contributed by atoms with Crippen LogP contribution >= 0.6 is 11.3 Å². The fourth-order valence-electron chi connectivity index (χ4n) is 11.6. The molecule has 4 fully saturated rings. The van der Waals surface area contributed by atoms with Crippen molar-refractivity contribution in [3.05, 3.63) is 94.6 Å². The number of ether oxygens (including phenoxy) is 2. The summed E-state index contributed by atoms with van der Waals surface area (Å²) in [4.78, 5) is 62.2. The average molecular weight is 1080 g/mol. The maximum Gasteiger partial charge on any atom is 0.319 e. The van der Waals surface area contributed by atoms with Gasteiger partial charge in [0.2, 0.25) is 17.7 Å². The molecule has 3 amide bonds. The molecule has 0 spiro atoms. The Bertz CT molecular complexity index is 3250. The Kier molecular flexibility index (Phi) is 16.0. The van der Waals surface area contributed by atoms with Gasteiger partial charge in [0.1, 0.15) is 48.2 Å². The summed E-state index contributed by atoms with van der Waals surface area (Å²) in [7, 11) is 0. The number of nitrogens with zero attached hydrogens (tertiary/aromatic N) is 6. The van der Waals surface area contributed by atoms with Crippen molar-refractivity contribution in [1.29, 1.82) is 0 Å². The molecule has 4 saturated heterocycles. The highest BCUT2D eigenvalue weighted by Crippen LogP contribution is 2.41. The van der Waals surface area contributed by atoms with Crippen molar-refractivity contribution >= 4 is 56.6 Å². The zero-order chi connectivity index (χ0) is 55.0. The number of terminal acetylenes is 1. The number of likely N-dealkylation sites (tertiary alicyclic amines) is 2. The standard InChI is InChI=1S/C59H67F2N9O7S/c1-7-43-47(60)17-12-38-24-41(71)25-46(50(38)43)44-15-16-45-52(51(44)61)66-58(67-55(45)69-27-39-13-14-40(28-69)64-39)77-23-22-68-20-18-35(19-21-68)30-76-31-49(73)65-54(59(4,5)6)57(75)70-29-42(72)26-48(70)56(74)63-33(2)36-8-10-37(11-9-36)53-34(3)62-32-78-53/h1,8-12,15-17,24-25,32-33,35,39-40,42,48,54,64,71-72H,13-14,18-23,26-31H2,2-6H3,(H,63,74)(H,65,73)/t33-,39?,40?,42+,48-,54+/m0/s1. The highest BCUT2D eigenvalue weighted by atomic mass is 32.1. The van der Waals surface area contributed by atoms with E-state index in [-0.39, 0.29) is 90.1 Å². The molecule has 5 N–H and O–H groups in total. The monoisotopic (exact) mass is 1080 g/mol. The van der Waals surface area contributed by atoms with Gasteiger partial charge in [0, 0.05) is 61.0 Å². The van der Waals surface area contributed by atoms with Crippen LogP contribution in [0.3, 0.4) is 0 Å². The molecule has 2 aromatic heterocycles. The Hall–Kier alpha value is -6.82. The van der Waals surface area contributed by atoms with Crippen molar-refractivity contribution in [2.75, 3.05) is 64.0 Å². The molecule has 19 heteroatoms. The number of carbonyl (C=O) groups is 3. The number of nitrogens with one attached hydrogen (secondary N) is 3. The highest BCUT2D eigenvalue weighted by Gasteiger charge is 2.45. The summed E-state index contributed by atoms with van der Waals surface area (Å²) in [5, 5.41) is 32.3. The van der Waals surface area contributed by atoms with Gasteiger partial charge >= 0.3 is 6.01 Å². The summed E-state index contributed by atoms with van der Waals surface area (Å²) in [5.74, 6) is 0.467. The molecule has 16 nitrogen and oxygen atoms in total. The maximum absolute atomic E-state index is 17.1. The minimum absolute atomic E-state index is 0.0294. The third-order valence-corrected chi connectivity index (χ3v) is 16.7. The topological polar surface area (TPSA) is 195 Å². The predicted octanol–water partition coefficient (Wildman–Crippen LogP) is 7.27. The third-order valence-electron chi connectivity index (χ3n) is 15.8. The van der Waals surface area contributed by atoms with Gasteiger partial charge < -0.3 is 45.4 Å². The smallest absolute Gasteiger partial charge is 0.319 e. The minimum Gasteiger partial charge on any atom is -0.508 e. The van der Waals surface area contributed by atoms with Crippen LogP contribution in [-0.2, 0) is 19.1 Å². The van der Waals surface area contributed by atoms with E-state index >= 15 is 8.78 Å². The van der Waals surface area contributed by atoms with Gasteiger partial charge in [0.15, 0.2) is 5.82 Å². The molecule has 0 saturated carbocycles. The maximum atomic E-state index is 17.1. The van der Waals surface area contributed by atoms with Crippen LogP contribution in [-0.4, -0.2) is 142 Å². The number of aliphatic hydroxyl groups is 1. The Morgan fingerprint density at radius 2 is 1.71 bits per heavy atom. The van der Waals surface area contributed by atoms with E-state index in [1.54, 1.807) is 23.5 Å². The van der Waals surface area contributed by atoms with Gasteiger partial charge in [-0.05, 0) is 110 Å². The predicted molar refractivity (Wildman–Crippen MR) is 296 cm³/mol. The summed E-state index contributed by atoms with van der Waals surface area (Å²) in [6, 6.07) is 15.2. The molecular weight excluding hydrogens is 1020 g/mol. The van der Waals surface area contributed by atoms with Crippen LogP contribution in [0.5, 0.6) is 11.8 Å². The SMILES string of the molecule is C#Cc1c(F)ccc2cc(O)cc(-c3ccc4c(N5CC6CCC(C5)N6)nc(OCCN5CCC(COCC(=O)N[C@H](C(=O)N6C[C@H](O)C[C@H]6C(=O)N[C@@H](C)c6ccc(-c7scnc7C)cc6)C(C)(C)C)CC5)nc4c3F)c12. The van der Waals surface area contributed by atoms with Crippen molar-refractivity contribution in [2.45, 2.75) is 103 Å². The number of rotatable bonds is 16. The number of phenolic OH excluding ortho intramolecular Hbond substituents is 1. The summed E-state index contributed by atoms with van der Waals surface area (Å²) in [6.07, 6.45) is 8.64. The van der Waals surface area contributed by atoms with Gasteiger partial charge in [-0.25, -0.2) is 13.8 Å². The number of aliphatic hydroxyl groups excluding tert-OH is 1. The number of benzene rings is 4. The van der Waals surface area contributed by atoms with Crippen LogP contribution in [0, 0.1) is 42.2 Å². The van der Waals surface area contributed by atoms with Gasteiger partial charge in [-0.3, -0.25) is 19.3 Å². The third kappa shape index (κ3) is 11.6. The number of piperidine rings is 1. The first-order valence-electron chi connectivity index (χ1n) is 26.9. The number of aromatic nitrogens is 3. The van der Waals surface area contributed by atoms with Gasteiger partial charge in [-0.15, -0.1) is 17.8 Å². The Balaban J connectivity index is 0.727. The molecule has 0 radical (unpaired) electrons. The van der Waals surface area contributed by atoms with Crippen molar-refractivity contribution in [3.63, 3.8) is 0 Å². The Morgan fingerprint density at radius 3 is 2.40 bits per heavy atom. The zero-order valence-corrected chi connectivity index (χ0v) is 45.5. The Morgan fingerprint density at radius 1 is 0.962 bits per heavy atom. The second-order valence-electron chi connectivity index (χ2n) is 22.4. The number of anilines is 1. The van der Waals surface area contributed by atoms with Crippen molar-refractivity contribution in [2.24, 2.45) is 11.3 Å². The van der Waals surface area contributed by atoms with Crippen molar-refractivity contribution in [3.8, 4) is 45.7 Å². The first-order valence-corrected chi connectivity index (χ1v) is 27.7. The fourth-order valence-corrected chi connectivity index (χ4v) is 12.4. The highest BCUT2D eigenvalue weighted by molar-refractivity contribution is 7.13. The molecule has 2 unspecified atom stereocenters. The first kappa shape index (κ1) is 54.5. The van der Waals surface area contributed by atoms with E-state index in [9.17, 15) is 24.6 Å². The van der Waals surface area contributed by atoms with Crippen LogP contribution in [0.15, 0.2) is 66.2 Å². The largest absolute Gasteiger partial charge is 0.508 e. The normalized spacial score (nSPS) is 20.7. The number of hydrogen-bond acceptors (Lipinski definition) is 14. The van der Waals surface area contributed by atoms with Crippen LogP contribution in [0.25, 0.3) is 43.2 Å². The van der Waals surface area contributed by atoms with Crippen LogP contribution in [0.2, 0.25) is 0 Å². The molecule has 6 aromatic rings. The summed E-state index contributed by atoms with van der Waals surface area (Å²) < 4.78 is 44.3. The van der Waals surface area contributed by atoms with Gasteiger partial charge in [0.05, 0.1) is 40.4 Å². The quantitative estimate of drug-likeness (QED) is 0.0609. The number of amides is 3.